The number of aromatic nitrogens is 3. The maximum Gasteiger partial charge on any atom is 0.195 e. The first-order valence-electron chi connectivity index (χ1n) is 5.13. The molecule has 0 aliphatic carbocycles. The number of halogens is 2. The topological polar surface area (TPSA) is 33.6 Å². The number of aromatic amines is 1. The van der Waals surface area contributed by atoms with E-state index in [9.17, 15) is 0 Å². The molecule has 0 unspecified atom stereocenters. The highest BCUT2D eigenvalue weighted by molar-refractivity contribution is 9.10. The number of H-pyrrole nitrogens is 1. The van der Waals surface area contributed by atoms with Gasteiger partial charge in [-0.1, -0.05) is 17.7 Å². The highest BCUT2D eigenvalue weighted by Crippen LogP contribution is 2.33. The summed E-state index contributed by atoms with van der Waals surface area (Å²) < 4.78 is 3.40. The Kier molecular flexibility index (Phi) is 3.70. The molecular formula is C11H11BrClN3S. The van der Waals surface area contributed by atoms with Crippen molar-refractivity contribution in [3.63, 3.8) is 0 Å². The predicted octanol–water partition coefficient (Wildman–Crippen LogP) is 4.60. The lowest BCUT2D eigenvalue weighted by Crippen LogP contribution is -2.03. The van der Waals surface area contributed by atoms with Crippen LogP contribution < -0.4 is 0 Å². The van der Waals surface area contributed by atoms with Crippen LogP contribution in [0.4, 0.5) is 0 Å². The normalized spacial score (nSPS) is 11.1. The van der Waals surface area contributed by atoms with Crippen molar-refractivity contribution in [2.24, 2.45) is 0 Å². The summed E-state index contributed by atoms with van der Waals surface area (Å²) >= 11 is 14.9. The minimum Gasteiger partial charge on any atom is -0.298 e. The van der Waals surface area contributed by atoms with Crippen molar-refractivity contribution in [2.75, 3.05) is 0 Å². The zero-order chi connectivity index (χ0) is 12.6. The Balaban J connectivity index is 2.69. The van der Waals surface area contributed by atoms with Crippen LogP contribution in [0.25, 0.3) is 11.4 Å². The van der Waals surface area contributed by atoms with E-state index in [1.165, 1.54) is 0 Å². The minimum absolute atomic E-state index is 0.228. The average Bonchev–Trinajstić information content (AvgIpc) is 2.64. The van der Waals surface area contributed by atoms with Crippen LogP contribution in [0.3, 0.4) is 0 Å². The SMILES string of the molecule is CC(C)n1c(-c2cccc(Br)c2Cl)n[nH]c1=S. The molecule has 0 bridgehead atoms. The molecular weight excluding hydrogens is 322 g/mol. The molecule has 0 radical (unpaired) electrons. The van der Waals surface area contributed by atoms with Crippen LogP contribution in [0.5, 0.6) is 0 Å². The highest BCUT2D eigenvalue weighted by Gasteiger charge is 2.15. The molecule has 2 rings (SSSR count). The first-order valence-corrected chi connectivity index (χ1v) is 6.71. The third kappa shape index (κ3) is 2.32. The zero-order valence-corrected chi connectivity index (χ0v) is 12.5. The molecule has 0 fully saturated rings. The number of nitrogens with one attached hydrogen (secondary N) is 1. The molecule has 2 aromatic rings. The Morgan fingerprint density at radius 3 is 2.82 bits per heavy atom. The summed E-state index contributed by atoms with van der Waals surface area (Å²) in [5.74, 6) is 0.760. The van der Waals surface area contributed by atoms with E-state index in [0.29, 0.717) is 9.79 Å². The maximum atomic E-state index is 6.27. The van der Waals surface area contributed by atoms with Crippen molar-refractivity contribution in [2.45, 2.75) is 19.9 Å². The molecule has 90 valence electrons. The first kappa shape index (κ1) is 12.8. The molecule has 1 heterocycles. The number of benzene rings is 1. The molecule has 0 saturated carbocycles. The van der Waals surface area contributed by atoms with E-state index in [1.807, 2.05) is 22.8 Å². The van der Waals surface area contributed by atoms with Crippen LogP contribution in [0.1, 0.15) is 19.9 Å². The smallest absolute Gasteiger partial charge is 0.195 e. The van der Waals surface area contributed by atoms with Gasteiger partial charge in [-0.05, 0) is 54.1 Å². The van der Waals surface area contributed by atoms with E-state index in [1.54, 1.807) is 0 Å². The van der Waals surface area contributed by atoms with Crippen molar-refractivity contribution in [1.29, 1.82) is 0 Å². The highest BCUT2D eigenvalue weighted by atomic mass is 79.9. The van der Waals surface area contributed by atoms with Crippen LogP contribution in [0.15, 0.2) is 22.7 Å². The van der Waals surface area contributed by atoms with Crippen LogP contribution in [-0.4, -0.2) is 14.8 Å². The Labute approximate surface area is 118 Å². The second kappa shape index (κ2) is 4.92. The van der Waals surface area contributed by atoms with Crippen molar-refractivity contribution < 1.29 is 0 Å². The predicted molar refractivity (Wildman–Crippen MR) is 75.9 cm³/mol. The third-order valence-corrected chi connectivity index (χ3v) is 4.00. The summed E-state index contributed by atoms with van der Waals surface area (Å²) in [6.45, 7) is 4.11. The molecule has 0 spiro atoms. The largest absolute Gasteiger partial charge is 0.298 e. The molecule has 0 amide bonds. The summed E-state index contributed by atoms with van der Waals surface area (Å²) in [4.78, 5) is 0. The summed E-state index contributed by atoms with van der Waals surface area (Å²) in [5, 5.41) is 7.70. The van der Waals surface area contributed by atoms with E-state index < -0.39 is 0 Å². The number of rotatable bonds is 2. The van der Waals surface area contributed by atoms with Gasteiger partial charge in [0, 0.05) is 16.1 Å². The van der Waals surface area contributed by atoms with Crippen molar-refractivity contribution in [3.05, 3.63) is 32.5 Å². The van der Waals surface area contributed by atoms with Gasteiger partial charge in [-0.3, -0.25) is 9.67 Å². The molecule has 0 aliphatic rings. The van der Waals surface area contributed by atoms with Crippen molar-refractivity contribution in [3.8, 4) is 11.4 Å². The third-order valence-electron chi connectivity index (χ3n) is 2.41. The molecule has 1 aromatic carbocycles. The van der Waals surface area contributed by atoms with E-state index in [2.05, 4.69) is 40.0 Å². The van der Waals surface area contributed by atoms with Gasteiger partial charge in [0.1, 0.15) is 0 Å². The van der Waals surface area contributed by atoms with Gasteiger partial charge < -0.3 is 0 Å². The maximum absolute atomic E-state index is 6.27. The molecule has 0 saturated heterocycles. The van der Waals surface area contributed by atoms with Gasteiger partial charge >= 0.3 is 0 Å². The van der Waals surface area contributed by atoms with Gasteiger partial charge in [-0.15, -0.1) is 0 Å². The second-order valence-corrected chi connectivity index (χ2v) is 5.54. The number of nitrogens with zero attached hydrogens (tertiary/aromatic N) is 2. The lowest BCUT2D eigenvalue weighted by molar-refractivity contribution is 0.597. The van der Waals surface area contributed by atoms with Crippen LogP contribution in [0.2, 0.25) is 5.02 Å². The van der Waals surface area contributed by atoms with Gasteiger partial charge in [0.05, 0.1) is 5.02 Å². The fraction of sp³-hybridized carbons (Fsp3) is 0.273. The molecule has 1 N–H and O–H groups in total. The first-order chi connectivity index (χ1) is 8.02. The van der Waals surface area contributed by atoms with Gasteiger partial charge in [-0.2, -0.15) is 5.10 Å². The van der Waals surface area contributed by atoms with Gasteiger partial charge in [-0.25, -0.2) is 0 Å². The van der Waals surface area contributed by atoms with Gasteiger partial charge in [0.15, 0.2) is 10.6 Å². The van der Waals surface area contributed by atoms with Crippen LogP contribution in [-0.2, 0) is 0 Å². The standard InChI is InChI=1S/C11H11BrClN3S/c1-6(2)16-10(14-15-11(16)17)7-4-3-5-8(12)9(7)13/h3-6H,1-2H3,(H,15,17). The van der Waals surface area contributed by atoms with E-state index in [-0.39, 0.29) is 6.04 Å². The fourth-order valence-electron chi connectivity index (χ4n) is 1.65. The van der Waals surface area contributed by atoms with Crippen molar-refractivity contribution in [1.82, 2.24) is 14.8 Å². The van der Waals surface area contributed by atoms with E-state index in [0.717, 1.165) is 15.9 Å². The molecule has 1 aromatic heterocycles. The summed E-state index contributed by atoms with van der Waals surface area (Å²) in [6, 6.07) is 5.98. The second-order valence-electron chi connectivity index (χ2n) is 3.92. The minimum atomic E-state index is 0.228. The fourth-order valence-corrected chi connectivity index (χ4v) is 2.57. The molecule has 6 heteroatoms. The molecule has 0 atom stereocenters. The summed E-state index contributed by atoms with van der Waals surface area (Å²) in [5.41, 5.74) is 0.863. The Bertz CT molecular complexity index is 603. The summed E-state index contributed by atoms with van der Waals surface area (Å²) in [6.07, 6.45) is 0. The van der Waals surface area contributed by atoms with E-state index in [4.69, 9.17) is 23.8 Å². The zero-order valence-electron chi connectivity index (χ0n) is 9.37. The van der Waals surface area contributed by atoms with Gasteiger partial charge in [0.2, 0.25) is 0 Å². The lowest BCUT2D eigenvalue weighted by atomic mass is 10.2. The summed E-state index contributed by atoms with van der Waals surface area (Å²) in [7, 11) is 0. The van der Waals surface area contributed by atoms with Gasteiger partial charge in [0.25, 0.3) is 0 Å². The number of hydrogen-bond donors (Lipinski definition) is 1. The molecule has 0 aliphatic heterocycles. The van der Waals surface area contributed by atoms with E-state index >= 15 is 0 Å². The van der Waals surface area contributed by atoms with Crippen LogP contribution in [0, 0.1) is 4.77 Å². The Morgan fingerprint density at radius 1 is 1.47 bits per heavy atom. The average molecular weight is 333 g/mol. The number of hydrogen-bond acceptors (Lipinski definition) is 2. The quantitative estimate of drug-likeness (QED) is 0.815. The molecule has 17 heavy (non-hydrogen) atoms. The monoisotopic (exact) mass is 331 g/mol. The molecule has 3 nitrogen and oxygen atoms in total. The van der Waals surface area contributed by atoms with Crippen molar-refractivity contribution >= 4 is 39.7 Å². The Hall–Kier alpha value is -0.650. The lowest BCUT2D eigenvalue weighted by Gasteiger charge is -2.11. The van der Waals surface area contributed by atoms with Crippen LogP contribution >= 0.6 is 39.7 Å². The Morgan fingerprint density at radius 2 is 2.18 bits per heavy atom.